The maximum atomic E-state index is 12.0. The zero-order valence-electron chi connectivity index (χ0n) is 12.2. The summed E-state index contributed by atoms with van der Waals surface area (Å²) in [5.41, 5.74) is -0.132. The van der Waals surface area contributed by atoms with E-state index < -0.39 is 23.6 Å². The van der Waals surface area contributed by atoms with E-state index in [0.717, 1.165) is 5.56 Å². The van der Waals surface area contributed by atoms with Crippen LogP contribution in [0.1, 0.15) is 25.8 Å². The van der Waals surface area contributed by atoms with E-state index in [4.69, 9.17) is 9.47 Å². The number of hydrogen-bond donors (Lipinski definition) is 1. The molecule has 1 aliphatic heterocycles. The van der Waals surface area contributed by atoms with E-state index in [1.165, 1.54) is 13.8 Å². The normalized spacial score (nSPS) is 22.1. The van der Waals surface area contributed by atoms with Crippen LogP contribution in [-0.4, -0.2) is 35.7 Å². The van der Waals surface area contributed by atoms with E-state index in [0.29, 0.717) is 6.61 Å². The first-order valence-corrected chi connectivity index (χ1v) is 6.98. The molecule has 2 atom stereocenters. The first-order valence-electron chi connectivity index (χ1n) is 6.98. The Morgan fingerprint density at radius 2 is 1.95 bits per heavy atom. The van der Waals surface area contributed by atoms with Crippen molar-refractivity contribution in [2.24, 2.45) is 5.41 Å². The average Bonchev–Trinajstić information content (AvgIpc) is 2.68. The van der Waals surface area contributed by atoms with Gasteiger partial charge < -0.3 is 14.6 Å². The Balaban J connectivity index is 1.77. The molecule has 0 saturated carbocycles. The molecule has 0 aromatic heterocycles. The average molecular weight is 292 g/mol. The first kappa shape index (κ1) is 15.7. The Kier molecular flexibility index (Phi) is 4.75. The quantitative estimate of drug-likeness (QED) is 0.488. The highest BCUT2D eigenvalue weighted by atomic mass is 16.6. The monoisotopic (exact) mass is 292 g/mol. The van der Waals surface area contributed by atoms with Crippen molar-refractivity contribution in [3.8, 4) is 0 Å². The van der Waals surface area contributed by atoms with E-state index in [1.54, 1.807) is 0 Å². The number of ketones is 1. The van der Waals surface area contributed by atoms with Gasteiger partial charge in [0.15, 0.2) is 11.9 Å². The minimum atomic E-state index is -1.17. The Labute approximate surface area is 123 Å². The molecule has 0 spiro atoms. The second kappa shape index (κ2) is 6.37. The van der Waals surface area contributed by atoms with Crippen LogP contribution in [0.4, 0.5) is 0 Å². The fourth-order valence-electron chi connectivity index (χ4n) is 2.15. The van der Waals surface area contributed by atoms with Gasteiger partial charge in [0.05, 0.1) is 6.61 Å². The van der Waals surface area contributed by atoms with E-state index in [9.17, 15) is 14.7 Å². The largest absolute Gasteiger partial charge is 0.451 e. The number of aliphatic hydroxyl groups excluding tert-OH is 1. The van der Waals surface area contributed by atoms with Crippen molar-refractivity contribution in [3.05, 3.63) is 35.9 Å². The van der Waals surface area contributed by atoms with E-state index in [1.807, 2.05) is 30.3 Å². The van der Waals surface area contributed by atoms with Gasteiger partial charge in [-0.25, -0.2) is 0 Å². The highest BCUT2D eigenvalue weighted by Crippen LogP contribution is 2.31. The number of carbonyl (C=O) groups excluding carboxylic acids is 2. The molecule has 5 nitrogen and oxygen atoms in total. The van der Waals surface area contributed by atoms with Crippen LogP contribution < -0.4 is 0 Å². The second-order valence-corrected chi connectivity index (χ2v) is 5.71. The van der Waals surface area contributed by atoms with Gasteiger partial charge in [0.1, 0.15) is 11.5 Å². The van der Waals surface area contributed by atoms with Crippen LogP contribution in [-0.2, 0) is 25.7 Å². The molecule has 0 radical (unpaired) electrons. The van der Waals surface area contributed by atoms with Crippen LogP contribution in [0.5, 0.6) is 0 Å². The summed E-state index contributed by atoms with van der Waals surface area (Å²) < 4.78 is 10.4. The molecule has 2 rings (SSSR count). The summed E-state index contributed by atoms with van der Waals surface area (Å²) in [5, 5.41) is 9.99. The summed E-state index contributed by atoms with van der Waals surface area (Å²) in [5.74, 6) is -0.954. The molecule has 1 N–H and O–H groups in total. The zero-order valence-corrected chi connectivity index (χ0v) is 12.2. The van der Waals surface area contributed by atoms with E-state index in [-0.39, 0.29) is 18.8 Å². The number of ether oxygens (including phenoxy) is 2. The molecule has 1 saturated heterocycles. The Bertz CT molecular complexity index is 509. The molecule has 1 heterocycles. The number of aliphatic hydroxyl groups is 1. The summed E-state index contributed by atoms with van der Waals surface area (Å²) in [6, 6.07) is 9.66. The molecule has 1 aromatic carbocycles. The molecule has 0 amide bonds. The molecular weight excluding hydrogens is 272 g/mol. The third kappa shape index (κ3) is 3.49. The van der Waals surface area contributed by atoms with Crippen molar-refractivity contribution in [1.82, 2.24) is 0 Å². The van der Waals surface area contributed by atoms with Crippen LogP contribution in [0.2, 0.25) is 0 Å². The molecule has 114 valence electrons. The summed E-state index contributed by atoms with van der Waals surface area (Å²) in [4.78, 5) is 23.5. The van der Waals surface area contributed by atoms with Crippen molar-refractivity contribution >= 4 is 11.8 Å². The van der Waals surface area contributed by atoms with Crippen LogP contribution in [0.25, 0.3) is 0 Å². The van der Waals surface area contributed by atoms with Crippen LogP contribution >= 0.6 is 0 Å². The van der Waals surface area contributed by atoms with Gasteiger partial charge in [0.2, 0.25) is 0 Å². The third-order valence-electron chi connectivity index (χ3n) is 3.64. The van der Waals surface area contributed by atoms with Gasteiger partial charge in [0, 0.05) is 13.0 Å². The van der Waals surface area contributed by atoms with Gasteiger partial charge in [-0.3, -0.25) is 9.59 Å². The van der Waals surface area contributed by atoms with Gasteiger partial charge >= 0.3 is 5.97 Å². The fourth-order valence-corrected chi connectivity index (χ4v) is 2.15. The predicted molar refractivity (Wildman–Crippen MR) is 75.4 cm³/mol. The summed E-state index contributed by atoms with van der Waals surface area (Å²) >= 11 is 0. The molecular formula is C16H20O5. The Hall–Kier alpha value is -1.72. The molecule has 5 heteroatoms. The van der Waals surface area contributed by atoms with Gasteiger partial charge in [0.25, 0.3) is 0 Å². The lowest BCUT2D eigenvalue weighted by molar-refractivity contribution is -0.151. The summed E-state index contributed by atoms with van der Waals surface area (Å²) in [6.45, 7) is 3.75. The van der Waals surface area contributed by atoms with Gasteiger partial charge in [-0.1, -0.05) is 30.3 Å². The number of hydrogen-bond acceptors (Lipinski definition) is 5. The lowest BCUT2D eigenvalue weighted by atomic mass is 9.86. The maximum Gasteiger partial charge on any atom is 0.320 e. The van der Waals surface area contributed by atoms with Crippen LogP contribution in [0.15, 0.2) is 30.3 Å². The lowest BCUT2D eigenvalue weighted by Crippen LogP contribution is -2.36. The second-order valence-electron chi connectivity index (χ2n) is 5.71. The maximum absolute atomic E-state index is 12.0. The number of Topliss-reactive ketones (excluding diaryl/α,β-unsaturated/α-hetero) is 1. The zero-order chi connectivity index (χ0) is 15.5. The number of benzene rings is 1. The molecule has 1 aliphatic rings. The predicted octanol–water partition coefficient (Wildman–Crippen LogP) is 1.47. The molecule has 0 unspecified atom stereocenters. The lowest BCUT2D eigenvalue weighted by Gasteiger charge is -2.16. The fraction of sp³-hybridized carbons (Fsp3) is 0.500. The van der Waals surface area contributed by atoms with Crippen molar-refractivity contribution in [2.45, 2.75) is 39.1 Å². The topological polar surface area (TPSA) is 72.8 Å². The Morgan fingerprint density at radius 3 is 2.52 bits per heavy atom. The summed E-state index contributed by atoms with van der Waals surface area (Å²) in [7, 11) is 0. The van der Waals surface area contributed by atoms with Gasteiger partial charge in [-0.05, 0) is 19.4 Å². The summed E-state index contributed by atoms with van der Waals surface area (Å²) in [6.07, 6.45) is -1.86. The van der Waals surface area contributed by atoms with Crippen molar-refractivity contribution in [3.63, 3.8) is 0 Å². The number of esters is 1. The SMILES string of the molecule is CC1(C)C(=O)O[C@H]([C@@H](O)CCOCc2ccccc2)C1=O. The number of cyclic esters (lactones) is 1. The minimum absolute atomic E-state index is 0.243. The highest BCUT2D eigenvalue weighted by molar-refractivity contribution is 6.10. The third-order valence-corrected chi connectivity index (χ3v) is 3.64. The molecule has 0 aliphatic carbocycles. The molecule has 21 heavy (non-hydrogen) atoms. The van der Waals surface area contributed by atoms with Crippen LogP contribution in [0, 0.1) is 5.41 Å². The van der Waals surface area contributed by atoms with E-state index in [2.05, 4.69) is 0 Å². The minimum Gasteiger partial charge on any atom is -0.451 e. The van der Waals surface area contributed by atoms with Crippen molar-refractivity contribution in [2.75, 3.05) is 6.61 Å². The van der Waals surface area contributed by atoms with Crippen LogP contribution in [0.3, 0.4) is 0 Å². The van der Waals surface area contributed by atoms with Gasteiger partial charge in [-0.2, -0.15) is 0 Å². The molecule has 1 aromatic rings. The Morgan fingerprint density at radius 1 is 1.29 bits per heavy atom. The molecule has 1 fully saturated rings. The smallest absolute Gasteiger partial charge is 0.320 e. The van der Waals surface area contributed by atoms with Crippen molar-refractivity contribution < 1.29 is 24.2 Å². The highest BCUT2D eigenvalue weighted by Gasteiger charge is 2.52. The number of rotatable bonds is 6. The standard InChI is InChI=1S/C16H20O5/c1-16(2)14(18)13(21-15(16)19)12(17)8-9-20-10-11-6-4-3-5-7-11/h3-7,12-13,17H,8-10H2,1-2H3/t12-,13+/m0/s1. The van der Waals surface area contributed by atoms with Crippen molar-refractivity contribution in [1.29, 1.82) is 0 Å². The van der Waals surface area contributed by atoms with Gasteiger partial charge in [-0.15, -0.1) is 0 Å². The molecule has 0 bridgehead atoms. The number of carbonyl (C=O) groups is 2. The van der Waals surface area contributed by atoms with E-state index >= 15 is 0 Å². The first-order chi connectivity index (χ1) is 9.93.